The number of benzene rings is 1. The number of imide groups is 1. The molecule has 10 heteroatoms. The number of nitrogens with one attached hydrogen (secondary N) is 1. The minimum Gasteiger partial charge on any atom is -0.459 e. The van der Waals surface area contributed by atoms with E-state index in [2.05, 4.69) is 11.9 Å². The number of amides is 5. The van der Waals surface area contributed by atoms with Crippen molar-refractivity contribution in [2.45, 2.75) is 13.8 Å². The van der Waals surface area contributed by atoms with Gasteiger partial charge in [-0.2, -0.15) is 0 Å². The van der Waals surface area contributed by atoms with Gasteiger partial charge in [0, 0.05) is 11.3 Å². The third-order valence-corrected chi connectivity index (χ3v) is 3.12. The summed E-state index contributed by atoms with van der Waals surface area (Å²) >= 11 is 0. The van der Waals surface area contributed by atoms with Crippen LogP contribution in [-0.4, -0.2) is 37.3 Å². The van der Waals surface area contributed by atoms with E-state index in [1.165, 1.54) is 25.1 Å². The number of anilines is 2. The molecule has 0 aliphatic rings. The largest absolute Gasteiger partial charge is 0.459 e. The molecule has 1 aromatic rings. The fraction of sp³-hybridized carbons (Fsp3) is 0.250. The first-order chi connectivity index (χ1) is 12.1. The highest BCUT2D eigenvalue weighted by Gasteiger charge is 2.21. The first-order valence-corrected chi connectivity index (χ1v) is 7.40. The number of urea groups is 2. The van der Waals surface area contributed by atoms with Gasteiger partial charge in [0.2, 0.25) is 0 Å². The van der Waals surface area contributed by atoms with Crippen molar-refractivity contribution in [3.05, 3.63) is 35.9 Å². The predicted octanol–water partition coefficient (Wildman–Crippen LogP) is 1.63. The summed E-state index contributed by atoms with van der Waals surface area (Å²) in [4.78, 5) is 46.3. The highest BCUT2D eigenvalue weighted by atomic mass is 16.6. The lowest BCUT2D eigenvalue weighted by atomic mass is 10.1. The maximum atomic E-state index is 11.8. The molecule has 1 rings (SSSR count). The zero-order valence-electron chi connectivity index (χ0n) is 14.4. The number of primary amides is 2. The highest BCUT2D eigenvalue weighted by molar-refractivity contribution is 6.13. The van der Waals surface area contributed by atoms with E-state index in [0.717, 1.165) is 0 Å². The van der Waals surface area contributed by atoms with E-state index in [1.807, 2.05) is 0 Å². The number of nitrogens with zero attached hydrogens (tertiary/aromatic N) is 1. The molecule has 26 heavy (non-hydrogen) atoms. The molecule has 0 heterocycles. The fourth-order valence-electron chi connectivity index (χ4n) is 1.89. The molecule has 10 nitrogen and oxygen atoms in total. The molecular weight excluding hydrogens is 344 g/mol. The maximum absolute atomic E-state index is 11.8. The smallest absolute Gasteiger partial charge is 0.411 e. The average molecular weight is 364 g/mol. The van der Waals surface area contributed by atoms with Gasteiger partial charge in [-0.3, -0.25) is 5.32 Å². The Morgan fingerprint density at radius 2 is 1.69 bits per heavy atom. The lowest BCUT2D eigenvalue weighted by molar-refractivity contribution is -0.139. The molecule has 5 amide bonds. The number of rotatable bonds is 6. The van der Waals surface area contributed by atoms with Crippen LogP contribution in [0.1, 0.15) is 12.5 Å². The third kappa shape index (κ3) is 5.51. The summed E-state index contributed by atoms with van der Waals surface area (Å²) < 4.78 is 9.65. The molecule has 0 radical (unpaired) electrons. The second kappa shape index (κ2) is 9.06. The van der Waals surface area contributed by atoms with Gasteiger partial charge < -0.3 is 20.9 Å². The number of hydrogen-bond donors (Lipinski definition) is 3. The van der Waals surface area contributed by atoms with Crippen LogP contribution in [0.5, 0.6) is 0 Å². The van der Waals surface area contributed by atoms with Crippen molar-refractivity contribution >= 4 is 35.5 Å². The van der Waals surface area contributed by atoms with Crippen molar-refractivity contribution in [1.29, 1.82) is 0 Å². The Balaban J connectivity index is 2.73. The van der Waals surface area contributed by atoms with Crippen molar-refractivity contribution in [1.82, 2.24) is 0 Å². The summed E-state index contributed by atoms with van der Waals surface area (Å²) in [5.74, 6) is -0.587. The molecule has 0 fully saturated rings. The van der Waals surface area contributed by atoms with Crippen LogP contribution < -0.4 is 21.7 Å². The molecule has 140 valence electrons. The zero-order valence-corrected chi connectivity index (χ0v) is 14.4. The molecule has 0 aromatic heterocycles. The van der Waals surface area contributed by atoms with Gasteiger partial charge >= 0.3 is 24.1 Å². The summed E-state index contributed by atoms with van der Waals surface area (Å²) in [5, 5.41) is 2.44. The first-order valence-electron chi connectivity index (χ1n) is 7.40. The van der Waals surface area contributed by atoms with Crippen molar-refractivity contribution in [3.8, 4) is 0 Å². The Morgan fingerprint density at radius 3 is 2.23 bits per heavy atom. The highest BCUT2D eigenvalue weighted by Crippen LogP contribution is 2.26. The Hall–Kier alpha value is -3.56. The molecule has 0 saturated heterocycles. The summed E-state index contributed by atoms with van der Waals surface area (Å²) in [5.41, 5.74) is 11.3. The number of nitrogens with two attached hydrogens (primary N) is 2. The normalized spacial score (nSPS) is 9.77. The van der Waals surface area contributed by atoms with Gasteiger partial charge in [0.25, 0.3) is 0 Å². The van der Waals surface area contributed by atoms with Crippen LogP contribution in [0, 0.1) is 6.92 Å². The Labute approximate surface area is 149 Å². The van der Waals surface area contributed by atoms with E-state index in [-0.39, 0.29) is 30.2 Å². The first kappa shape index (κ1) is 20.5. The van der Waals surface area contributed by atoms with Gasteiger partial charge in [-0.15, -0.1) is 0 Å². The molecule has 0 spiro atoms. The molecular formula is C16H20N4O6. The van der Waals surface area contributed by atoms with Crippen LogP contribution in [0.25, 0.3) is 0 Å². The molecule has 0 bridgehead atoms. The number of hydrogen-bond acceptors (Lipinski definition) is 6. The molecule has 0 atom stereocenters. The fourth-order valence-corrected chi connectivity index (χ4v) is 1.89. The van der Waals surface area contributed by atoms with E-state index < -0.39 is 24.1 Å². The summed E-state index contributed by atoms with van der Waals surface area (Å²) in [7, 11) is 0. The van der Waals surface area contributed by atoms with Gasteiger partial charge in [0.15, 0.2) is 0 Å². The van der Waals surface area contributed by atoms with Crippen LogP contribution in [-0.2, 0) is 14.3 Å². The van der Waals surface area contributed by atoms with Crippen molar-refractivity contribution in [3.63, 3.8) is 0 Å². The molecule has 0 unspecified atom stereocenters. The number of ether oxygens (including phenoxy) is 2. The maximum Gasteiger partial charge on any atom is 0.411 e. The number of carbonyl (C=O) groups excluding carboxylic acids is 4. The summed E-state index contributed by atoms with van der Waals surface area (Å²) in [6, 6.07) is 2.35. The zero-order chi connectivity index (χ0) is 19.9. The summed E-state index contributed by atoms with van der Waals surface area (Å²) in [6.07, 6.45) is -0.818. The quantitative estimate of drug-likeness (QED) is 0.396. The van der Waals surface area contributed by atoms with Gasteiger partial charge in [0.05, 0.1) is 5.69 Å². The molecule has 0 aliphatic heterocycles. The molecule has 5 N–H and O–H groups in total. The lowest BCUT2D eigenvalue weighted by Gasteiger charge is -2.20. The van der Waals surface area contributed by atoms with Gasteiger partial charge in [-0.1, -0.05) is 12.6 Å². The van der Waals surface area contributed by atoms with Crippen molar-refractivity contribution in [2.75, 3.05) is 23.4 Å². The van der Waals surface area contributed by atoms with Crippen LogP contribution >= 0.6 is 0 Å². The Kier molecular flexibility index (Phi) is 7.14. The average Bonchev–Trinajstić information content (AvgIpc) is 2.54. The minimum absolute atomic E-state index is 0.123. The monoisotopic (exact) mass is 364 g/mol. The Bertz CT molecular complexity index is 732. The SMILES string of the molecule is C=C(C)C(=O)OCCOC(=O)Nc1cccc(N(C(N)=O)C(N)=O)c1C. The van der Waals surface area contributed by atoms with Crippen LogP contribution in [0.4, 0.5) is 25.8 Å². The van der Waals surface area contributed by atoms with Gasteiger partial charge in [-0.25, -0.2) is 24.1 Å². The van der Waals surface area contributed by atoms with Crippen molar-refractivity contribution < 1.29 is 28.7 Å². The molecule has 0 aliphatic carbocycles. The predicted molar refractivity (Wildman–Crippen MR) is 93.6 cm³/mol. The third-order valence-electron chi connectivity index (χ3n) is 3.12. The number of esters is 1. The topological polar surface area (TPSA) is 154 Å². The second-order valence-electron chi connectivity index (χ2n) is 5.14. The molecule has 1 aromatic carbocycles. The molecule has 0 saturated carbocycles. The van der Waals surface area contributed by atoms with Crippen LogP contribution in [0.2, 0.25) is 0 Å². The van der Waals surface area contributed by atoms with Gasteiger partial charge in [-0.05, 0) is 31.5 Å². The van der Waals surface area contributed by atoms with E-state index in [1.54, 1.807) is 6.92 Å². The summed E-state index contributed by atoms with van der Waals surface area (Å²) in [6.45, 7) is 6.17. The van der Waals surface area contributed by atoms with E-state index in [9.17, 15) is 19.2 Å². The van der Waals surface area contributed by atoms with E-state index >= 15 is 0 Å². The standard InChI is InChI=1S/C16H20N4O6/c1-9(2)13(21)25-7-8-26-16(24)19-11-5-4-6-12(10(11)3)20(14(17)22)15(18)23/h4-6H,1,7-8H2,2-3H3,(H2,17,22)(H2,18,23)(H,19,24). The number of carbonyl (C=O) groups is 4. The second-order valence-corrected chi connectivity index (χ2v) is 5.14. The lowest BCUT2D eigenvalue weighted by Crippen LogP contribution is -2.44. The minimum atomic E-state index is -1.06. The van der Waals surface area contributed by atoms with Gasteiger partial charge in [0.1, 0.15) is 13.2 Å². The van der Waals surface area contributed by atoms with Crippen LogP contribution in [0.15, 0.2) is 30.4 Å². The Morgan fingerprint density at radius 1 is 1.12 bits per heavy atom. The van der Waals surface area contributed by atoms with E-state index in [4.69, 9.17) is 20.9 Å². The van der Waals surface area contributed by atoms with E-state index in [0.29, 0.717) is 10.5 Å². The van der Waals surface area contributed by atoms with Crippen molar-refractivity contribution in [2.24, 2.45) is 11.5 Å². The van der Waals surface area contributed by atoms with Crippen LogP contribution in [0.3, 0.4) is 0 Å².